The zero-order valence-corrected chi connectivity index (χ0v) is 16.5. The second-order valence-electron chi connectivity index (χ2n) is 6.48. The Morgan fingerprint density at radius 2 is 2.15 bits per heavy atom. The Labute approximate surface area is 166 Å². The van der Waals surface area contributed by atoms with E-state index in [0.29, 0.717) is 0 Å². The molecule has 0 saturated heterocycles. The molecule has 2 N–H and O–H groups in total. The molecule has 0 aliphatic carbocycles. The minimum Gasteiger partial charge on any atom is -0.354 e. The smallest absolute Gasteiger partial charge is 0.145 e. The predicted molar refractivity (Wildman–Crippen MR) is 110 cm³/mol. The van der Waals surface area contributed by atoms with Crippen molar-refractivity contribution in [2.24, 2.45) is 4.99 Å². The maximum Gasteiger partial charge on any atom is 0.145 e. The van der Waals surface area contributed by atoms with E-state index in [-0.39, 0.29) is 6.17 Å². The van der Waals surface area contributed by atoms with E-state index < -0.39 is 0 Å². The Balaban J connectivity index is 1.40. The van der Waals surface area contributed by atoms with E-state index in [1.165, 1.54) is 0 Å². The van der Waals surface area contributed by atoms with Crippen molar-refractivity contribution in [3.63, 3.8) is 0 Å². The van der Waals surface area contributed by atoms with Gasteiger partial charge in [0.25, 0.3) is 0 Å². The van der Waals surface area contributed by atoms with E-state index in [4.69, 9.17) is 4.99 Å². The van der Waals surface area contributed by atoms with Crippen LogP contribution in [0.2, 0.25) is 0 Å². The van der Waals surface area contributed by atoms with Gasteiger partial charge in [0, 0.05) is 50.8 Å². The third-order valence-corrected chi connectivity index (χ3v) is 5.08. The van der Waals surface area contributed by atoms with Gasteiger partial charge in [-0.05, 0) is 46.1 Å². The molecule has 1 aliphatic rings. The molecule has 140 valence electrons. The topological polar surface area (TPSA) is 72.1 Å². The van der Waals surface area contributed by atoms with Gasteiger partial charge in [-0.25, -0.2) is 4.68 Å². The van der Waals surface area contributed by atoms with Crippen molar-refractivity contribution in [2.75, 3.05) is 11.9 Å². The van der Waals surface area contributed by atoms with Crippen LogP contribution in [0.1, 0.15) is 24.6 Å². The number of amidine groups is 1. The first kappa shape index (κ1) is 17.9. The molecule has 1 unspecified atom stereocenters. The molecule has 27 heavy (non-hydrogen) atoms. The van der Waals surface area contributed by atoms with Gasteiger partial charge >= 0.3 is 0 Å². The van der Waals surface area contributed by atoms with Gasteiger partial charge in [0.1, 0.15) is 17.8 Å². The normalized spacial score (nSPS) is 17.7. The highest BCUT2D eigenvalue weighted by Crippen LogP contribution is 2.29. The van der Waals surface area contributed by atoms with E-state index in [0.717, 1.165) is 54.2 Å². The highest BCUT2D eigenvalue weighted by atomic mass is 79.9. The number of rotatable bonds is 7. The van der Waals surface area contributed by atoms with Crippen LogP contribution in [0.15, 0.2) is 64.7 Å². The molecule has 0 bridgehead atoms. The fourth-order valence-corrected chi connectivity index (χ4v) is 3.51. The molecule has 0 spiro atoms. The summed E-state index contributed by atoms with van der Waals surface area (Å²) in [5.74, 6) is 1.92. The van der Waals surface area contributed by atoms with Crippen molar-refractivity contribution in [3.8, 4) is 0 Å². The molecule has 1 aliphatic heterocycles. The standard InChI is InChI=1S/C19H22BrN7/c20-16-14-24-27-18(23-13-15-5-3-6-21-12-15)11-17(25-19(16)27)22-7-4-10-26-8-1-2-9-26/h1-3,5-6,8-9,12,14,18,23H,4,7,10-11,13H2,(H,22,25). The quantitative estimate of drug-likeness (QED) is 0.566. The highest BCUT2D eigenvalue weighted by Gasteiger charge is 2.25. The molecular weight excluding hydrogens is 406 g/mol. The summed E-state index contributed by atoms with van der Waals surface area (Å²) in [4.78, 5) is 8.96. The molecule has 4 rings (SSSR count). The largest absolute Gasteiger partial charge is 0.354 e. The minimum atomic E-state index is 0.0518. The van der Waals surface area contributed by atoms with Gasteiger partial charge in [-0.15, -0.1) is 0 Å². The first-order valence-corrected chi connectivity index (χ1v) is 9.85. The Bertz CT molecular complexity index is 886. The van der Waals surface area contributed by atoms with Crippen LogP contribution >= 0.6 is 15.9 Å². The summed E-state index contributed by atoms with van der Waals surface area (Å²) in [5.41, 5.74) is 1.15. The molecule has 0 saturated carbocycles. The van der Waals surface area contributed by atoms with Gasteiger partial charge in [0.05, 0.1) is 10.7 Å². The molecule has 0 fully saturated rings. The third-order valence-electron chi connectivity index (χ3n) is 4.50. The minimum absolute atomic E-state index is 0.0518. The summed E-state index contributed by atoms with van der Waals surface area (Å²) in [6.07, 6.45) is 11.5. The Kier molecular flexibility index (Phi) is 5.64. The fourth-order valence-electron chi connectivity index (χ4n) is 3.14. The summed E-state index contributed by atoms with van der Waals surface area (Å²) < 4.78 is 5.09. The third kappa shape index (κ3) is 4.45. The number of nitrogens with one attached hydrogen (secondary N) is 2. The van der Waals surface area contributed by atoms with Crippen molar-refractivity contribution in [3.05, 3.63) is 65.3 Å². The average Bonchev–Trinajstić information content (AvgIpc) is 3.35. The molecule has 3 aromatic heterocycles. The predicted octanol–water partition coefficient (Wildman–Crippen LogP) is 3.43. The number of pyridine rings is 1. The van der Waals surface area contributed by atoms with Gasteiger partial charge in [-0.1, -0.05) is 6.07 Å². The Morgan fingerprint density at radius 1 is 1.26 bits per heavy atom. The summed E-state index contributed by atoms with van der Waals surface area (Å²) in [5, 5.41) is 11.5. The number of aromatic nitrogens is 4. The first-order chi connectivity index (χ1) is 13.3. The SMILES string of the molecule is Brc1cnn2c1NC(=NCCCn1cccc1)CC2NCc1cccnc1. The van der Waals surface area contributed by atoms with Gasteiger partial charge in [0.2, 0.25) is 0 Å². The number of hydrogen-bond donors (Lipinski definition) is 2. The molecule has 0 aromatic carbocycles. The van der Waals surface area contributed by atoms with Crippen molar-refractivity contribution >= 4 is 27.6 Å². The number of aryl methyl sites for hydroxylation is 1. The van der Waals surface area contributed by atoms with Crippen LogP contribution in [0, 0.1) is 0 Å². The summed E-state index contributed by atoms with van der Waals surface area (Å²) in [6, 6.07) is 8.11. The van der Waals surface area contributed by atoms with Crippen LogP contribution in [0.5, 0.6) is 0 Å². The summed E-state index contributed by atoms with van der Waals surface area (Å²) in [6.45, 7) is 2.51. The fraction of sp³-hybridized carbons (Fsp3) is 0.316. The molecule has 3 aromatic rings. The van der Waals surface area contributed by atoms with Crippen LogP contribution in [0.3, 0.4) is 0 Å². The zero-order chi connectivity index (χ0) is 18.5. The van der Waals surface area contributed by atoms with E-state index in [1.807, 2.05) is 35.3 Å². The second kappa shape index (κ2) is 8.49. The van der Waals surface area contributed by atoms with E-state index in [9.17, 15) is 0 Å². The maximum absolute atomic E-state index is 4.79. The van der Waals surface area contributed by atoms with Crippen molar-refractivity contribution in [1.82, 2.24) is 24.6 Å². The summed E-state index contributed by atoms with van der Waals surface area (Å²) in [7, 11) is 0. The maximum atomic E-state index is 4.79. The van der Waals surface area contributed by atoms with Crippen molar-refractivity contribution < 1.29 is 0 Å². The molecular formula is C19H22BrN7. The van der Waals surface area contributed by atoms with E-state index in [1.54, 1.807) is 6.20 Å². The van der Waals surface area contributed by atoms with Crippen LogP contribution < -0.4 is 10.6 Å². The summed E-state index contributed by atoms with van der Waals surface area (Å²) >= 11 is 3.57. The Hall–Kier alpha value is -2.45. The number of halogens is 1. The van der Waals surface area contributed by atoms with Crippen LogP contribution in [-0.4, -0.2) is 31.7 Å². The number of fused-ring (bicyclic) bond motifs is 1. The van der Waals surface area contributed by atoms with E-state index in [2.05, 4.69) is 59.7 Å². The zero-order valence-electron chi connectivity index (χ0n) is 14.9. The number of aliphatic imine (C=N–C) groups is 1. The lowest BCUT2D eigenvalue weighted by Crippen LogP contribution is -2.36. The van der Waals surface area contributed by atoms with Crippen LogP contribution in [-0.2, 0) is 13.1 Å². The monoisotopic (exact) mass is 427 g/mol. The van der Waals surface area contributed by atoms with Crippen molar-refractivity contribution in [1.29, 1.82) is 0 Å². The van der Waals surface area contributed by atoms with E-state index >= 15 is 0 Å². The second-order valence-corrected chi connectivity index (χ2v) is 7.33. The van der Waals surface area contributed by atoms with Gasteiger partial charge in [0.15, 0.2) is 0 Å². The van der Waals surface area contributed by atoms with Crippen LogP contribution in [0.4, 0.5) is 5.82 Å². The van der Waals surface area contributed by atoms with Crippen LogP contribution in [0.25, 0.3) is 0 Å². The molecule has 0 radical (unpaired) electrons. The first-order valence-electron chi connectivity index (χ1n) is 9.06. The molecule has 8 heteroatoms. The lowest BCUT2D eigenvalue weighted by atomic mass is 10.2. The highest BCUT2D eigenvalue weighted by molar-refractivity contribution is 9.10. The van der Waals surface area contributed by atoms with Crippen molar-refractivity contribution in [2.45, 2.75) is 32.1 Å². The number of anilines is 1. The Morgan fingerprint density at radius 3 is 2.96 bits per heavy atom. The van der Waals surface area contributed by atoms with Gasteiger partial charge < -0.3 is 9.88 Å². The lowest BCUT2D eigenvalue weighted by Gasteiger charge is -2.28. The molecule has 7 nitrogen and oxygen atoms in total. The molecule has 4 heterocycles. The lowest BCUT2D eigenvalue weighted by molar-refractivity contribution is 0.376. The molecule has 1 atom stereocenters. The van der Waals surface area contributed by atoms with Gasteiger partial charge in [-0.3, -0.25) is 15.3 Å². The van der Waals surface area contributed by atoms with Gasteiger partial charge in [-0.2, -0.15) is 5.10 Å². The average molecular weight is 428 g/mol. The number of nitrogens with zero attached hydrogens (tertiary/aromatic N) is 5. The number of hydrogen-bond acceptors (Lipinski definition) is 4. The molecule has 0 amide bonds.